The van der Waals surface area contributed by atoms with Crippen molar-refractivity contribution in [2.75, 3.05) is 14.2 Å². The van der Waals surface area contributed by atoms with Crippen LogP contribution in [0.3, 0.4) is 0 Å². The number of pyridine rings is 1. The second-order valence-corrected chi connectivity index (χ2v) is 5.88. The minimum absolute atomic E-state index is 0.329. The molecule has 1 aliphatic rings. The van der Waals surface area contributed by atoms with Gasteiger partial charge in [-0.25, -0.2) is 0 Å². The Morgan fingerprint density at radius 1 is 1.17 bits per heavy atom. The fraction of sp³-hybridized carbons (Fsp3) is 0.300. The van der Waals surface area contributed by atoms with Crippen LogP contribution in [0.1, 0.15) is 30.9 Å². The molecule has 0 bridgehead atoms. The Labute approximate surface area is 142 Å². The van der Waals surface area contributed by atoms with Gasteiger partial charge in [0.2, 0.25) is 0 Å². The maximum absolute atomic E-state index is 5.51. The van der Waals surface area contributed by atoms with Crippen LogP contribution >= 0.6 is 0 Å². The van der Waals surface area contributed by atoms with Gasteiger partial charge in [0.15, 0.2) is 0 Å². The second-order valence-electron chi connectivity index (χ2n) is 5.88. The molecule has 0 N–H and O–H groups in total. The number of allylic oxidation sites excluding steroid dienone is 1. The number of aliphatic imine (C=N–C) groups is 1. The van der Waals surface area contributed by atoms with Gasteiger partial charge in [-0.1, -0.05) is 0 Å². The zero-order valence-corrected chi connectivity index (χ0v) is 14.3. The fourth-order valence-corrected chi connectivity index (χ4v) is 2.88. The molecule has 0 fully saturated rings. The van der Waals surface area contributed by atoms with Crippen LogP contribution in [0.25, 0.3) is 6.08 Å². The van der Waals surface area contributed by atoms with Crippen molar-refractivity contribution in [2.24, 2.45) is 4.99 Å². The van der Waals surface area contributed by atoms with Gasteiger partial charge in [-0.05, 0) is 55.7 Å². The van der Waals surface area contributed by atoms with Crippen molar-refractivity contribution >= 4 is 11.8 Å². The molecule has 0 spiro atoms. The van der Waals surface area contributed by atoms with E-state index in [9.17, 15) is 0 Å². The summed E-state index contributed by atoms with van der Waals surface area (Å²) in [5.74, 6) is 1.58. The number of benzene rings is 1. The molecule has 2 heterocycles. The van der Waals surface area contributed by atoms with Crippen LogP contribution in [0.2, 0.25) is 0 Å². The Kier molecular flexibility index (Phi) is 4.94. The van der Waals surface area contributed by atoms with Crippen molar-refractivity contribution in [3.8, 4) is 11.5 Å². The molecule has 1 aliphatic heterocycles. The van der Waals surface area contributed by atoms with Gasteiger partial charge < -0.3 is 9.47 Å². The minimum Gasteiger partial charge on any atom is -0.497 e. The average Bonchev–Trinajstić information content (AvgIpc) is 2.64. The van der Waals surface area contributed by atoms with E-state index in [4.69, 9.17) is 14.5 Å². The van der Waals surface area contributed by atoms with E-state index in [1.54, 1.807) is 20.4 Å². The van der Waals surface area contributed by atoms with Crippen molar-refractivity contribution in [2.45, 2.75) is 25.8 Å². The molecule has 24 heavy (non-hydrogen) atoms. The second kappa shape index (κ2) is 7.30. The normalized spacial score (nSPS) is 19.0. The van der Waals surface area contributed by atoms with E-state index < -0.39 is 0 Å². The molecule has 0 radical (unpaired) electrons. The molecule has 3 rings (SSSR count). The van der Waals surface area contributed by atoms with Gasteiger partial charge in [0.05, 0.1) is 19.9 Å². The standard InChI is InChI=1S/C20H22N2O2/c1-14-6-7-16(20(22-14)17-5-4-10-21-13-17)11-15-8-9-18(23-2)12-19(15)24-3/h4-5,8-14H,6-7H2,1-3H3. The predicted molar refractivity (Wildman–Crippen MR) is 97.0 cm³/mol. The van der Waals surface area contributed by atoms with Gasteiger partial charge in [-0.2, -0.15) is 0 Å². The summed E-state index contributed by atoms with van der Waals surface area (Å²) in [6, 6.07) is 10.2. The van der Waals surface area contributed by atoms with Gasteiger partial charge in [0.25, 0.3) is 0 Å². The van der Waals surface area contributed by atoms with Crippen LogP contribution in [0.4, 0.5) is 0 Å². The topological polar surface area (TPSA) is 43.7 Å². The first kappa shape index (κ1) is 16.2. The lowest BCUT2D eigenvalue weighted by atomic mass is 9.92. The molecule has 4 nitrogen and oxygen atoms in total. The Balaban J connectivity index is 2.03. The smallest absolute Gasteiger partial charge is 0.129 e. The molecule has 1 aromatic heterocycles. The number of ether oxygens (including phenoxy) is 2. The number of nitrogens with zero attached hydrogens (tertiary/aromatic N) is 2. The van der Waals surface area contributed by atoms with Gasteiger partial charge >= 0.3 is 0 Å². The molecular weight excluding hydrogens is 300 g/mol. The highest BCUT2D eigenvalue weighted by molar-refractivity contribution is 6.15. The first-order chi connectivity index (χ1) is 11.7. The van der Waals surface area contributed by atoms with Gasteiger partial charge in [-0.3, -0.25) is 9.98 Å². The van der Waals surface area contributed by atoms with Gasteiger partial charge in [0.1, 0.15) is 11.5 Å². The number of aromatic nitrogens is 1. The Morgan fingerprint density at radius 2 is 2.04 bits per heavy atom. The molecule has 1 unspecified atom stereocenters. The molecule has 0 saturated heterocycles. The van der Waals surface area contributed by atoms with Crippen molar-refractivity contribution in [3.05, 3.63) is 59.4 Å². The van der Waals surface area contributed by atoms with E-state index in [2.05, 4.69) is 24.1 Å². The highest BCUT2D eigenvalue weighted by Gasteiger charge is 2.18. The van der Waals surface area contributed by atoms with Gasteiger partial charge in [-0.15, -0.1) is 0 Å². The summed E-state index contributed by atoms with van der Waals surface area (Å²) >= 11 is 0. The minimum atomic E-state index is 0.329. The molecule has 124 valence electrons. The third-order valence-electron chi connectivity index (χ3n) is 4.19. The third-order valence-corrected chi connectivity index (χ3v) is 4.19. The van der Waals surface area contributed by atoms with Crippen LogP contribution in [0, 0.1) is 0 Å². The number of hydrogen-bond acceptors (Lipinski definition) is 4. The lowest BCUT2D eigenvalue weighted by Crippen LogP contribution is -2.17. The summed E-state index contributed by atoms with van der Waals surface area (Å²) in [4.78, 5) is 9.10. The maximum atomic E-state index is 5.51. The lowest BCUT2D eigenvalue weighted by molar-refractivity contribution is 0.393. The van der Waals surface area contributed by atoms with Crippen LogP contribution in [-0.2, 0) is 0 Å². The van der Waals surface area contributed by atoms with Crippen molar-refractivity contribution in [3.63, 3.8) is 0 Å². The molecular formula is C20H22N2O2. The summed E-state index contributed by atoms with van der Waals surface area (Å²) < 4.78 is 10.8. The van der Waals surface area contributed by atoms with E-state index in [0.717, 1.165) is 41.2 Å². The van der Waals surface area contributed by atoms with E-state index >= 15 is 0 Å². The van der Waals surface area contributed by atoms with Crippen molar-refractivity contribution < 1.29 is 9.47 Å². The molecule has 0 saturated carbocycles. The monoisotopic (exact) mass is 322 g/mol. The number of rotatable bonds is 4. The van der Waals surface area contributed by atoms with E-state index in [-0.39, 0.29) is 0 Å². The highest BCUT2D eigenvalue weighted by atomic mass is 16.5. The van der Waals surface area contributed by atoms with Crippen LogP contribution in [-0.4, -0.2) is 31.0 Å². The van der Waals surface area contributed by atoms with E-state index in [1.165, 1.54) is 5.57 Å². The summed E-state index contributed by atoms with van der Waals surface area (Å²) in [6.45, 7) is 2.15. The first-order valence-corrected chi connectivity index (χ1v) is 8.12. The van der Waals surface area contributed by atoms with Crippen molar-refractivity contribution in [1.82, 2.24) is 4.98 Å². The summed E-state index contributed by atoms with van der Waals surface area (Å²) in [5, 5.41) is 0. The van der Waals surface area contributed by atoms with E-state index in [0.29, 0.717) is 6.04 Å². The Hall–Kier alpha value is -2.62. The maximum Gasteiger partial charge on any atom is 0.129 e. The van der Waals surface area contributed by atoms with Crippen molar-refractivity contribution in [1.29, 1.82) is 0 Å². The summed E-state index contributed by atoms with van der Waals surface area (Å²) in [7, 11) is 3.33. The molecule has 0 amide bonds. The number of methoxy groups -OCH3 is 2. The molecule has 1 atom stereocenters. The van der Waals surface area contributed by atoms with Crippen LogP contribution in [0.15, 0.2) is 53.3 Å². The Morgan fingerprint density at radius 3 is 2.75 bits per heavy atom. The summed E-state index contributed by atoms with van der Waals surface area (Å²) in [6.07, 6.45) is 7.86. The highest BCUT2D eigenvalue weighted by Crippen LogP contribution is 2.30. The van der Waals surface area contributed by atoms with Crippen LogP contribution < -0.4 is 9.47 Å². The Bertz CT molecular complexity index is 766. The lowest BCUT2D eigenvalue weighted by Gasteiger charge is -2.21. The molecule has 0 aliphatic carbocycles. The molecule has 1 aromatic carbocycles. The zero-order valence-electron chi connectivity index (χ0n) is 14.3. The predicted octanol–water partition coefficient (Wildman–Crippen LogP) is 4.15. The molecule has 4 heteroatoms. The quantitative estimate of drug-likeness (QED) is 0.849. The zero-order chi connectivity index (χ0) is 16.9. The molecule has 2 aromatic rings. The van der Waals surface area contributed by atoms with Gasteiger partial charge in [0, 0.05) is 35.6 Å². The third kappa shape index (κ3) is 3.48. The SMILES string of the molecule is COc1ccc(C=C2CCC(C)N=C2c2cccnc2)c(OC)c1. The summed E-state index contributed by atoms with van der Waals surface area (Å²) in [5.41, 5.74) is 4.33. The van der Waals surface area contributed by atoms with Crippen LogP contribution in [0.5, 0.6) is 11.5 Å². The number of hydrogen-bond donors (Lipinski definition) is 0. The average molecular weight is 322 g/mol. The fourth-order valence-electron chi connectivity index (χ4n) is 2.88. The first-order valence-electron chi connectivity index (χ1n) is 8.12. The largest absolute Gasteiger partial charge is 0.497 e. The van der Waals surface area contributed by atoms with E-state index in [1.807, 2.05) is 30.5 Å².